The Kier molecular flexibility index (Phi) is 4.48. The lowest BCUT2D eigenvalue weighted by atomic mass is 9.95. The van der Waals surface area contributed by atoms with Gasteiger partial charge in [0.1, 0.15) is 5.82 Å². The summed E-state index contributed by atoms with van der Waals surface area (Å²) in [4.78, 5) is 44.7. The van der Waals surface area contributed by atoms with Crippen LogP contribution in [0.4, 0.5) is 11.5 Å². The molecule has 0 saturated carbocycles. The summed E-state index contributed by atoms with van der Waals surface area (Å²) in [6, 6.07) is 1.66. The number of anilines is 2. The minimum atomic E-state index is -0.148. The van der Waals surface area contributed by atoms with Crippen LogP contribution < -0.4 is 10.6 Å². The second-order valence-corrected chi connectivity index (χ2v) is 7.12. The van der Waals surface area contributed by atoms with Crippen LogP contribution in [0.3, 0.4) is 0 Å². The van der Waals surface area contributed by atoms with Gasteiger partial charge in [0.15, 0.2) is 0 Å². The van der Waals surface area contributed by atoms with Crippen LogP contribution in [0.1, 0.15) is 36.0 Å². The molecule has 2 fully saturated rings. The van der Waals surface area contributed by atoms with Gasteiger partial charge in [0.05, 0.1) is 17.8 Å². The lowest BCUT2D eigenvalue weighted by Crippen LogP contribution is -2.43. The van der Waals surface area contributed by atoms with E-state index in [1.54, 1.807) is 11.0 Å². The van der Waals surface area contributed by atoms with Crippen LogP contribution in [-0.2, 0) is 9.59 Å². The highest BCUT2D eigenvalue weighted by Gasteiger charge is 2.31. The number of rotatable bonds is 2. The lowest BCUT2D eigenvalue weighted by Gasteiger charge is -2.33. The van der Waals surface area contributed by atoms with Gasteiger partial charge in [-0.2, -0.15) is 0 Å². The summed E-state index contributed by atoms with van der Waals surface area (Å²) >= 11 is 0. The molecule has 2 N–H and O–H groups in total. The Morgan fingerprint density at radius 3 is 2.54 bits per heavy atom. The maximum atomic E-state index is 12.8. The fourth-order valence-electron chi connectivity index (χ4n) is 3.88. The largest absolute Gasteiger partial charge is 0.359 e. The van der Waals surface area contributed by atoms with E-state index in [2.05, 4.69) is 15.6 Å². The molecule has 0 bridgehead atoms. The fourth-order valence-corrected chi connectivity index (χ4v) is 3.88. The molecule has 8 nitrogen and oxygen atoms in total. The zero-order chi connectivity index (χ0) is 18.1. The monoisotopic (exact) mass is 357 g/mol. The van der Waals surface area contributed by atoms with Gasteiger partial charge in [-0.1, -0.05) is 0 Å². The molecule has 3 aliphatic rings. The maximum Gasteiger partial charge on any atom is 0.255 e. The molecule has 0 spiro atoms. The smallest absolute Gasteiger partial charge is 0.255 e. The highest BCUT2D eigenvalue weighted by atomic mass is 16.2. The minimum Gasteiger partial charge on any atom is -0.359 e. The zero-order valence-electron chi connectivity index (χ0n) is 14.7. The van der Waals surface area contributed by atoms with E-state index in [1.165, 1.54) is 6.20 Å². The van der Waals surface area contributed by atoms with Crippen LogP contribution >= 0.6 is 0 Å². The molecular formula is C18H23N5O3. The van der Waals surface area contributed by atoms with Gasteiger partial charge in [0.25, 0.3) is 5.91 Å². The first kappa shape index (κ1) is 16.8. The molecule has 0 aliphatic carbocycles. The van der Waals surface area contributed by atoms with Crippen molar-refractivity contribution in [3.05, 3.63) is 17.8 Å². The Labute approximate surface area is 151 Å². The van der Waals surface area contributed by atoms with Crippen molar-refractivity contribution in [1.82, 2.24) is 14.8 Å². The molecule has 4 heterocycles. The molecular weight excluding hydrogens is 334 g/mol. The second-order valence-electron chi connectivity index (χ2n) is 7.12. The van der Waals surface area contributed by atoms with E-state index < -0.39 is 0 Å². The van der Waals surface area contributed by atoms with E-state index in [0.29, 0.717) is 43.0 Å². The number of pyridine rings is 1. The van der Waals surface area contributed by atoms with Gasteiger partial charge < -0.3 is 20.4 Å². The maximum absolute atomic E-state index is 12.8. The van der Waals surface area contributed by atoms with Crippen molar-refractivity contribution in [3.8, 4) is 0 Å². The number of nitrogens with zero attached hydrogens (tertiary/aromatic N) is 3. The molecule has 0 unspecified atom stereocenters. The summed E-state index contributed by atoms with van der Waals surface area (Å²) < 4.78 is 0. The topological polar surface area (TPSA) is 94.6 Å². The van der Waals surface area contributed by atoms with Gasteiger partial charge in [-0.05, 0) is 31.7 Å². The number of hydrogen-bond acceptors (Lipinski definition) is 5. The standard InChI is InChI=1S/C18H23N5O3/c24-15-11-20-16-14(21-15)9-13(10-19-16)18(26)23-7-3-12(4-8-23)17(25)22-5-1-2-6-22/h9-10,12H,1-8,11H2,(H,19,20)(H,21,24). The fraction of sp³-hybridized carbons (Fsp3) is 0.556. The van der Waals surface area contributed by atoms with Crippen LogP contribution in [-0.4, -0.2) is 65.2 Å². The van der Waals surface area contributed by atoms with Crippen LogP contribution in [0.2, 0.25) is 0 Å². The molecule has 2 saturated heterocycles. The Balaban J connectivity index is 1.38. The van der Waals surface area contributed by atoms with E-state index in [4.69, 9.17) is 0 Å². The summed E-state index contributed by atoms with van der Waals surface area (Å²) in [5.41, 5.74) is 0.989. The van der Waals surface area contributed by atoms with E-state index in [1.807, 2.05) is 4.90 Å². The number of nitrogens with one attached hydrogen (secondary N) is 2. The predicted octanol–water partition coefficient (Wildman–Crippen LogP) is 0.920. The third kappa shape index (κ3) is 3.23. The number of amides is 3. The SMILES string of the molecule is O=C1CNc2ncc(C(=O)N3CCC(C(=O)N4CCCC4)CC3)cc2N1. The van der Waals surface area contributed by atoms with E-state index >= 15 is 0 Å². The number of aromatic nitrogens is 1. The Morgan fingerprint density at radius 2 is 1.81 bits per heavy atom. The number of piperidine rings is 1. The van der Waals surface area contributed by atoms with Gasteiger partial charge in [-0.15, -0.1) is 0 Å². The number of fused-ring (bicyclic) bond motifs is 1. The third-order valence-electron chi connectivity index (χ3n) is 5.37. The van der Waals surface area contributed by atoms with E-state index in [0.717, 1.165) is 25.9 Å². The first-order valence-corrected chi connectivity index (χ1v) is 9.23. The molecule has 3 aliphatic heterocycles. The van der Waals surface area contributed by atoms with Crippen molar-refractivity contribution in [3.63, 3.8) is 0 Å². The highest BCUT2D eigenvalue weighted by Crippen LogP contribution is 2.26. The van der Waals surface area contributed by atoms with Crippen LogP contribution in [0, 0.1) is 5.92 Å². The molecule has 0 aromatic carbocycles. The van der Waals surface area contributed by atoms with Crippen molar-refractivity contribution in [1.29, 1.82) is 0 Å². The van der Waals surface area contributed by atoms with Crippen molar-refractivity contribution in [2.24, 2.45) is 5.92 Å². The first-order chi connectivity index (χ1) is 12.6. The quantitative estimate of drug-likeness (QED) is 0.821. The second kappa shape index (κ2) is 6.93. The number of likely N-dealkylation sites (tertiary alicyclic amines) is 2. The summed E-state index contributed by atoms with van der Waals surface area (Å²) in [6.07, 6.45) is 5.14. The van der Waals surface area contributed by atoms with E-state index in [9.17, 15) is 14.4 Å². The molecule has 0 atom stereocenters. The van der Waals surface area contributed by atoms with Crippen molar-refractivity contribution in [2.75, 3.05) is 43.4 Å². The normalized spacial score (nSPS) is 20.4. The third-order valence-corrected chi connectivity index (χ3v) is 5.37. The molecule has 1 aromatic heterocycles. The predicted molar refractivity (Wildman–Crippen MR) is 95.8 cm³/mol. The van der Waals surface area contributed by atoms with Crippen molar-refractivity contribution < 1.29 is 14.4 Å². The Morgan fingerprint density at radius 1 is 1.08 bits per heavy atom. The number of carbonyl (C=O) groups is 3. The molecule has 26 heavy (non-hydrogen) atoms. The molecule has 3 amide bonds. The van der Waals surface area contributed by atoms with Gasteiger partial charge >= 0.3 is 0 Å². The zero-order valence-corrected chi connectivity index (χ0v) is 14.7. The van der Waals surface area contributed by atoms with Crippen LogP contribution in [0.5, 0.6) is 0 Å². The van der Waals surface area contributed by atoms with Gasteiger partial charge in [0, 0.05) is 38.3 Å². The highest BCUT2D eigenvalue weighted by molar-refractivity contribution is 6.02. The van der Waals surface area contributed by atoms with Crippen LogP contribution in [0.25, 0.3) is 0 Å². The lowest BCUT2D eigenvalue weighted by molar-refractivity contribution is -0.135. The summed E-state index contributed by atoms with van der Waals surface area (Å²) in [5, 5.41) is 5.64. The van der Waals surface area contributed by atoms with Gasteiger partial charge in [-0.3, -0.25) is 14.4 Å². The molecule has 4 rings (SSSR count). The minimum absolute atomic E-state index is 0.0299. The average molecular weight is 357 g/mol. The van der Waals surface area contributed by atoms with Gasteiger partial charge in [-0.25, -0.2) is 4.98 Å². The summed E-state index contributed by atoms with van der Waals surface area (Å²) in [7, 11) is 0. The average Bonchev–Trinajstić information content (AvgIpc) is 3.21. The summed E-state index contributed by atoms with van der Waals surface area (Å²) in [6.45, 7) is 3.08. The van der Waals surface area contributed by atoms with Crippen LogP contribution in [0.15, 0.2) is 12.3 Å². The van der Waals surface area contributed by atoms with E-state index in [-0.39, 0.29) is 30.2 Å². The molecule has 0 radical (unpaired) electrons. The Bertz CT molecular complexity index is 736. The molecule has 1 aromatic rings. The summed E-state index contributed by atoms with van der Waals surface area (Å²) in [5.74, 6) is 0.606. The molecule has 8 heteroatoms. The van der Waals surface area contributed by atoms with Gasteiger partial charge in [0.2, 0.25) is 11.8 Å². The number of hydrogen-bond donors (Lipinski definition) is 2. The Hall–Kier alpha value is -2.64. The first-order valence-electron chi connectivity index (χ1n) is 9.23. The van der Waals surface area contributed by atoms with Crippen molar-refractivity contribution >= 4 is 29.2 Å². The number of carbonyl (C=O) groups excluding carboxylic acids is 3. The van der Waals surface area contributed by atoms with Crippen molar-refractivity contribution in [2.45, 2.75) is 25.7 Å². The molecule has 138 valence electrons.